The van der Waals surface area contributed by atoms with Gasteiger partial charge in [-0.1, -0.05) is 0 Å². The van der Waals surface area contributed by atoms with E-state index in [1.165, 1.54) is 0 Å². The van der Waals surface area contributed by atoms with E-state index in [4.69, 9.17) is 0 Å². The fourth-order valence-corrected chi connectivity index (χ4v) is 0. The second-order valence-electron chi connectivity index (χ2n) is 1.08. The Labute approximate surface area is 84.4 Å². The van der Waals surface area contributed by atoms with E-state index in [1.807, 2.05) is 33.1 Å². The fourth-order valence-electron chi connectivity index (χ4n) is 0. The van der Waals surface area contributed by atoms with Crippen LogP contribution in [0, 0.1) is 0 Å². The van der Waals surface area contributed by atoms with Gasteiger partial charge >= 0.3 is 36.3 Å². The van der Waals surface area contributed by atoms with Crippen molar-refractivity contribution in [3.63, 3.8) is 0 Å². The normalized spacial score (nSPS) is 4.71. The molecule has 0 aliphatic heterocycles. The molecule has 50 valence electrons. The van der Waals surface area contributed by atoms with E-state index < -0.39 is 0 Å². The van der Waals surface area contributed by atoms with Gasteiger partial charge in [-0.3, -0.25) is 0 Å². The zero-order chi connectivity index (χ0) is 5.58. The van der Waals surface area contributed by atoms with Crippen LogP contribution in [0.25, 0.3) is 0 Å². The van der Waals surface area contributed by atoms with Crippen LogP contribution in [0.4, 0.5) is 0 Å². The van der Waals surface area contributed by atoms with Crippen molar-refractivity contribution in [3.05, 3.63) is 0 Å². The standard InChI is InChI=1S/C3H8N.Ag.2HI/c1-4(2)3;;;/h1H2,2-3H3;;2*1H/q2*+1;;/p-2. The van der Waals surface area contributed by atoms with E-state index in [9.17, 15) is 0 Å². The third-order valence-corrected chi connectivity index (χ3v) is 0. The predicted octanol–water partition coefficient (Wildman–Crippen LogP) is -2.15. The first kappa shape index (κ1) is 15.9. The molecule has 0 aromatic heterocycles. The van der Waals surface area contributed by atoms with E-state index >= 15 is 0 Å². The summed E-state index contributed by atoms with van der Waals surface area (Å²) in [6.45, 7) is 3.47. The Kier molecular flexibility index (Phi) is 35.7. The van der Waals surface area contributed by atoms with Gasteiger partial charge in [0.1, 0.15) is 20.8 Å². The number of hydrogen-bond acceptors (Lipinski definition) is 0. The Balaban J connectivity index is -0.0000000480. The van der Waals surface area contributed by atoms with E-state index in [2.05, 4.69) is 24.0 Å². The van der Waals surface area contributed by atoms with E-state index in [1.54, 1.807) is 4.58 Å². The summed E-state index contributed by atoms with van der Waals surface area (Å²) in [6, 6.07) is 0. The summed E-state index contributed by atoms with van der Waals surface area (Å²) in [5, 5.41) is 0. The molecule has 0 N–H and O–H groups in total. The van der Waals surface area contributed by atoms with Crippen LogP contribution in [0.5, 0.6) is 0 Å². The van der Waals surface area contributed by atoms with Crippen LogP contribution in [-0.4, -0.2) is 25.4 Å². The molecule has 0 amide bonds. The zero-order valence-corrected chi connectivity index (χ0v) is 10.0. The summed E-state index contributed by atoms with van der Waals surface area (Å²) in [7, 11) is 3.78. The Hall–Kier alpha value is 1.87. The Morgan fingerprint density at radius 2 is 1.43 bits per heavy atom. The van der Waals surface area contributed by atoms with Crippen LogP contribution >= 0.6 is 19.0 Å². The van der Waals surface area contributed by atoms with Crippen LogP contribution in [0.15, 0.2) is 0 Å². The molecule has 1 nitrogen and oxygen atoms in total. The number of hydrogen-bond donors (Lipinski definition) is 0. The molecule has 4 heteroatoms. The minimum Gasteiger partial charge on any atom is -1.00 e. The van der Waals surface area contributed by atoms with Crippen molar-refractivity contribution < 1.29 is 45.8 Å². The first-order chi connectivity index (χ1) is 2.73. The number of halogens is 2. The third kappa shape index (κ3) is 77.5. The molecule has 0 spiro atoms. The maximum Gasteiger partial charge on any atom is -1.00 e. The summed E-state index contributed by atoms with van der Waals surface area (Å²) >= 11 is 4.88. The molecule has 0 aliphatic carbocycles. The van der Waals surface area contributed by atoms with Gasteiger partial charge in [-0.15, -0.1) is 0 Å². The maximum atomic E-state index is 3.47. The van der Waals surface area contributed by atoms with Crippen molar-refractivity contribution in [3.8, 4) is 0 Å². The molecule has 0 aliphatic rings. The average Bonchev–Trinajstić information content (AvgIpc) is 1.41. The van der Waals surface area contributed by atoms with Crippen LogP contribution in [0.1, 0.15) is 0 Å². The second-order valence-corrected chi connectivity index (χ2v) is 1.08. The Morgan fingerprint density at radius 1 is 1.43 bits per heavy atom. The number of nitrogens with zero attached hydrogens (tertiary/aromatic N) is 1. The molecule has 0 rings (SSSR count). The zero-order valence-electron chi connectivity index (χ0n) is 4.21. The summed E-state index contributed by atoms with van der Waals surface area (Å²) in [4.78, 5) is 0. The molecule has 0 heterocycles. The molecule has 7 heavy (non-hydrogen) atoms. The van der Waals surface area contributed by atoms with Gasteiger partial charge in [0.25, 0.3) is 0 Å². The quantitative estimate of drug-likeness (QED) is 0.182. The molecule has 0 atom stereocenters. The molecule has 0 aromatic carbocycles. The summed E-state index contributed by atoms with van der Waals surface area (Å²) in [5.74, 6) is 0. The molecule has 0 radical (unpaired) electrons. The van der Waals surface area contributed by atoms with Crippen LogP contribution in [0.3, 0.4) is 0 Å². The molecule has 0 saturated heterocycles. The summed E-state index contributed by atoms with van der Waals surface area (Å²) in [5.41, 5.74) is 0. The SMILES string of the molecule is C=[N+](C)C.[Ag][I].[I-]. The van der Waals surface area contributed by atoms with Gasteiger partial charge < -0.3 is 24.0 Å². The monoisotopic (exact) mass is 419 g/mol. The molecule has 0 fully saturated rings. The first-order valence-corrected chi connectivity index (χ1v) is 5.73. The van der Waals surface area contributed by atoms with Crippen molar-refractivity contribution in [2.45, 2.75) is 0 Å². The van der Waals surface area contributed by atoms with Gasteiger partial charge in [-0.25, -0.2) is 4.58 Å². The molecule has 0 saturated carbocycles. The van der Waals surface area contributed by atoms with Crippen molar-refractivity contribution in [1.82, 2.24) is 0 Å². The minimum absolute atomic E-state index is 0. The average molecular weight is 420 g/mol. The molecular formula is C3H8AgI2N. The van der Waals surface area contributed by atoms with Gasteiger partial charge in [0, 0.05) is 0 Å². The summed E-state index contributed by atoms with van der Waals surface area (Å²) < 4.78 is 1.75. The van der Waals surface area contributed by atoms with Gasteiger partial charge in [0.2, 0.25) is 0 Å². The van der Waals surface area contributed by atoms with Crippen LogP contribution in [-0.2, 0) is 17.3 Å². The van der Waals surface area contributed by atoms with Gasteiger partial charge in [0.05, 0.1) is 0 Å². The van der Waals surface area contributed by atoms with Crippen molar-refractivity contribution in [2.24, 2.45) is 0 Å². The molecule has 0 aromatic rings. The van der Waals surface area contributed by atoms with Crippen molar-refractivity contribution in [1.29, 1.82) is 0 Å². The first-order valence-electron chi connectivity index (χ1n) is 1.32. The van der Waals surface area contributed by atoms with Crippen LogP contribution < -0.4 is 24.0 Å². The van der Waals surface area contributed by atoms with Crippen molar-refractivity contribution in [2.75, 3.05) is 14.1 Å². The van der Waals surface area contributed by atoms with Crippen molar-refractivity contribution >= 4 is 25.7 Å². The smallest absolute Gasteiger partial charge is 1.00 e. The largest absolute Gasteiger partial charge is 1.00 e. The van der Waals surface area contributed by atoms with Gasteiger partial charge in [-0.2, -0.15) is 0 Å². The Bertz CT molecular complexity index is 35.9. The summed E-state index contributed by atoms with van der Waals surface area (Å²) in [6.07, 6.45) is 0. The van der Waals surface area contributed by atoms with Crippen LogP contribution in [0.2, 0.25) is 0 Å². The van der Waals surface area contributed by atoms with E-state index in [0.717, 1.165) is 0 Å². The van der Waals surface area contributed by atoms with E-state index in [-0.39, 0.29) is 24.0 Å². The molecule has 0 unspecified atom stereocenters. The van der Waals surface area contributed by atoms with E-state index in [0.29, 0.717) is 0 Å². The minimum atomic E-state index is 0. The predicted molar refractivity (Wildman–Crippen MR) is 33.2 cm³/mol. The molecular weight excluding hydrogens is 412 g/mol. The van der Waals surface area contributed by atoms with Gasteiger partial charge in [-0.05, 0) is 0 Å². The maximum absolute atomic E-state index is 3.47. The second kappa shape index (κ2) is 15.7. The molecule has 0 bridgehead atoms. The fraction of sp³-hybridized carbons (Fsp3) is 0.667. The Morgan fingerprint density at radius 3 is 1.43 bits per heavy atom. The third-order valence-electron chi connectivity index (χ3n) is 0. The number of rotatable bonds is 0. The topological polar surface area (TPSA) is 3.01 Å². The van der Waals surface area contributed by atoms with Gasteiger partial charge in [0.15, 0.2) is 0 Å².